The van der Waals surface area contributed by atoms with E-state index in [9.17, 15) is 39.6 Å². The van der Waals surface area contributed by atoms with Crippen LogP contribution in [0.1, 0.15) is 58.4 Å². The molecule has 3 aromatic heterocycles. The van der Waals surface area contributed by atoms with Crippen LogP contribution in [-0.4, -0.2) is 138 Å². The lowest BCUT2D eigenvalue weighted by Gasteiger charge is -2.21. The molecule has 0 aliphatic rings. The van der Waals surface area contributed by atoms with Crippen LogP contribution >= 0.6 is 11.6 Å². The van der Waals surface area contributed by atoms with E-state index in [4.69, 9.17) is 44.8 Å². The van der Waals surface area contributed by atoms with Gasteiger partial charge in [-0.25, -0.2) is 39.6 Å². The Morgan fingerprint density at radius 1 is 0.408 bits per heavy atom. The summed E-state index contributed by atoms with van der Waals surface area (Å²) >= 11 is 7.23. The Kier molecular flexibility index (Phi) is 21.0. The molecular formula is C77H77ClN6O16S3. The second-order valence-corrected chi connectivity index (χ2v) is 32.3. The summed E-state index contributed by atoms with van der Waals surface area (Å²) in [5.74, 6) is 1.57. The number of ether oxygens (including phenoxy) is 7. The van der Waals surface area contributed by atoms with E-state index in [0.29, 0.717) is 137 Å². The largest absolute Gasteiger partial charge is 0.496 e. The molecule has 0 amide bonds. The number of imidazole rings is 3. The predicted octanol–water partition coefficient (Wildman–Crippen LogP) is 12.2. The Morgan fingerprint density at radius 2 is 0.777 bits per heavy atom. The topological polar surface area (TPSA) is 280 Å². The van der Waals surface area contributed by atoms with E-state index in [0.717, 1.165) is 46.6 Å². The minimum absolute atomic E-state index is 0.0999. The lowest BCUT2D eigenvalue weighted by molar-refractivity contribution is 0.295. The number of benzene rings is 9. The van der Waals surface area contributed by atoms with Crippen molar-refractivity contribution in [2.45, 2.75) is 44.8 Å². The second kappa shape index (κ2) is 29.8. The molecule has 0 saturated heterocycles. The molecule has 12 aromatic rings. The average Bonchev–Trinajstić information content (AvgIpc) is 1.65. The van der Waals surface area contributed by atoms with Crippen LogP contribution in [0.2, 0.25) is 5.02 Å². The zero-order valence-electron chi connectivity index (χ0n) is 58.0. The second-order valence-electron chi connectivity index (χ2n) is 25.4. The fraction of sp³-hybridized carbons (Fsp3) is 0.260. The number of hydrogen-bond acceptors (Lipinski definition) is 16. The van der Waals surface area contributed by atoms with Gasteiger partial charge in [-0.2, -0.15) is 0 Å². The normalized spacial score (nSPS) is 12.9. The van der Waals surface area contributed by atoms with Gasteiger partial charge in [-0.3, -0.25) is 13.7 Å². The number of aromatic amines is 3. The standard InChI is InChI=1S/C77H77ClN6O16S3/c1-10-98-70-40-52(24-30-67(70)94-3)64(43-101(7,88)89)84-63-29-23-51(39-60(63)81-77(84)87)57-20-14-17-48(74(57)97-6)34-36-100-72-42-54(26-32-69(72)96-5)66(45-103(9,92)93)83-62-28-22-50(38-59(62)80-76(83)86)56-19-13-16-47(73(56)78)33-35-99-71-41-53(25-31-68(71)95-4)65(44-102(8,90)91)82-61-27-21-49(37-58(61)79-75(82)85)55-18-12-11-15-46(55)2/h11-32,37-42,64-66H,10,33-36,43-45H2,1-9H3,(H,79,85)(H,80,86)(H,81,87)/t64-,65-,66-/m0/s1. The van der Waals surface area contributed by atoms with Gasteiger partial charge in [-0.05, 0) is 142 Å². The first kappa shape index (κ1) is 72.3. The van der Waals surface area contributed by atoms with E-state index in [1.165, 1.54) is 35.0 Å². The molecule has 536 valence electrons. The molecule has 0 spiro atoms. The van der Waals surface area contributed by atoms with Gasteiger partial charge in [-0.15, -0.1) is 0 Å². The lowest BCUT2D eigenvalue weighted by atomic mass is 9.99. The number of rotatable bonds is 29. The van der Waals surface area contributed by atoms with Crippen LogP contribution in [-0.2, 0) is 42.4 Å². The van der Waals surface area contributed by atoms with Crippen LogP contribution in [0.15, 0.2) is 184 Å². The highest BCUT2D eigenvalue weighted by Gasteiger charge is 2.30. The van der Waals surface area contributed by atoms with Crippen molar-refractivity contribution >= 4 is 74.2 Å². The number of sulfone groups is 3. The van der Waals surface area contributed by atoms with Gasteiger partial charge in [0.15, 0.2) is 34.5 Å². The highest BCUT2D eigenvalue weighted by molar-refractivity contribution is 7.91. The van der Waals surface area contributed by atoms with Crippen molar-refractivity contribution in [3.63, 3.8) is 0 Å². The SMILES string of the molecule is CCOc1cc([C@H](CS(C)(=O)=O)n2c(=O)[nH]c3cc(-c4cccc(CCOc5cc([C@H](CS(C)(=O)=O)n6c(=O)[nH]c7cc(-c8cccc(CCOc9cc([C@H](CS(C)(=O)=O)n%10c(=O)[nH]c%11cc(-c%12ccccc%12C)ccc%11%10)ccc9OC)c8Cl)ccc76)ccc5OC)c4OC)ccc32)ccc1OC. The van der Waals surface area contributed by atoms with E-state index in [-0.39, 0.29) is 24.7 Å². The molecule has 12 rings (SSSR count). The van der Waals surface area contributed by atoms with Gasteiger partial charge in [0, 0.05) is 42.7 Å². The van der Waals surface area contributed by atoms with Crippen LogP contribution in [0.5, 0.6) is 40.2 Å². The van der Waals surface area contributed by atoms with Gasteiger partial charge in [0.2, 0.25) is 0 Å². The van der Waals surface area contributed by atoms with Crippen molar-refractivity contribution < 1.29 is 58.4 Å². The fourth-order valence-electron chi connectivity index (χ4n) is 13.5. The van der Waals surface area contributed by atoms with E-state index in [2.05, 4.69) is 15.0 Å². The molecule has 9 aromatic carbocycles. The summed E-state index contributed by atoms with van der Waals surface area (Å²) in [4.78, 5) is 50.9. The Balaban J connectivity index is 0.766. The number of nitrogens with zero attached hydrogens (tertiary/aromatic N) is 3. The van der Waals surface area contributed by atoms with E-state index in [1.807, 2.05) is 105 Å². The van der Waals surface area contributed by atoms with E-state index in [1.54, 1.807) is 86.0 Å². The number of para-hydroxylation sites is 1. The van der Waals surface area contributed by atoms with Crippen LogP contribution in [0.4, 0.5) is 0 Å². The Morgan fingerprint density at radius 3 is 1.17 bits per heavy atom. The fourth-order valence-corrected chi connectivity index (χ4v) is 16.6. The molecule has 0 aliphatic carbocycles. The zero-order chi connectivity index (χ0) is 73.2. The number of hydrogen-bond donors (Lipinski definition) is 3. The smallest absolute Gasteiger partial charge is 0.327 e. The minimum Gasteiger partial charge on any atom is -0.496 e. The van der Waals surface area contributed by atoms with E-state index >= 15 is 0 Å². The minimum atomic E-state index is -3.75. The summed E-state index contributed by atoms with van der Waals surface area (Å²) in [5.41, 5.74) is 10.0. The van der Waals surface area contributed by atoms with Gasteiger partial charge >= 0.3 is 17.1 Å². The molecule has 0 aliphatic heterocycles. The average molecular weight is 1470 g/mol. The highest BCUT2D eigenvalue weighted by atomic mass is 35.5. The maximum atomic E-state index is 14.3. The molecule has 0 unspecified atom stereocenters. The van der Waals surface area contributed by atoms with Crippen molar-refractivity contribution in [2.75, 3.05) is 84.3 Å². The first-order valence-electron chi connectivity index (χ1n) is 32.9. The zero-order valence-corrected chi connectivity index (χ0v) is 61.2. The predicted molar refractivity (Wildman–Crippen MR) is 402 cm³/mol. The summed E-state index contributed by atoms with van der Waals surface area (Å²) in [7, 11) is -4.97. The first-order chi connectivity index (χ1) is 49.2. The Bertz CT molecular complexity index is 5780. The van der Waals surface area contributed by atoms with Gasteiger partial charge in [-0.1, -0.05) is 109 Å². The number of fused-ring (bicyclic) bond motifs is 3. The third-order valence-corrected chi connectivity index (χ3v) is 21.4. The van der Waals surface area contributed by atoms with Crippen molar-refractivity contribution in [3.05, 3.63) is 240 Å². The molecule has 22 nitrogen and oxygen atoms in total. The molecule has 0 bridgehead atoms. The molecule has 0 saturated carbocycles. The molecule has 0 radical (unpaired) electrons. The highest BCUT2D eigenvalue weighted by Crippen LogP contribution is 2.41. The van der Waals surface area contributed by atoms with Crippen LogP contribution in [0.3, 0.4) is 0 Å². The van der Waals surface area contributed by atoms with Gasteiger partial charge in [0.05, 0.1) is 122 Å². The molecule has 26 heteroatoms. The molecule has 3 N–H and O–H groups in total. The summed E-state index contributed by atoms with van der Waals surface area (Å²) in [6.45, 7) is 4.38. The molecule has 3 atom stereocenters. The number of halogens is 1. The molecular weight excluding hydrogens is 1400 g/mol. The van der Waals surface area contributed by atoms with Crippen molar-refractivity contribution in [2.24, 2.45) is 0 Å². The number of H-pyrrole nitrogens is 3. The third-order valence-electron chi connectivity index (χ3n) is 18.2. The van der Waals surface area contributed by atoms with E-state index < -0.39 is 70.5 Å². The van der Waals surface area contributed by atoms with Crippen molar-refractivity contribution in [3.8, 4) is 73.6 Å². The van der Waals surface area contributed by atoms with Crippen LogP contribution < -0.4 is 50.2 Å². The summed E-state index contributed by atoms with van der Waals surface area (Å²) in [6, 6.07) is 47.8. The third kappa shape index (κ3) is 15.6. The number of aromatic nitrogens is 6. The first-order valence-corrected chi connectivity index (χ1v) is 39.5. The summed E-state index contributed by atoms with van der Waals surface area (Å²) < 4.78 is 125. The Hall–Kier alpha value is -10.5. The lowest BCUT2D eigenvalue weighted by Crippen LogP contribution is -2.28. The van der Waals surface area contributed by atoms with Gasteiger partial charge in [0.1, 0.15) is 35.3 Å². The monoisotopic (exact) mass is 1470 g/mol. The number of methoxy groups -OCH3 is 4. The maximum Gasteiger partial charge on any atom is 0.327 e. The van der Waals surface area contributed by atoms with Crippen LogP contribution in [0.25, 0.3) is 66.5 Å². The van der Waals surface area contributed by atoms with Crippen molar-refractivity contribution in [1.29, 1.82) is 0 Å². The Labute approximate surface area is 600 Å². The summed E-state index contributed by atoms with van der Waals surface area (Å²) in [6.07, 6.45) is 4.01. The maximum absolute atomic E-state index is 14.3. The number of aryl methyl sites for hydroxylation is 1. The molecule has 0 fully saturated rings. The molecule has 3 heterocycles. The quantitative estimate of drug-likeness (QED) is 0.0393. The van der Waals surface area contributed by atoms with Crippen LogP contribution in [0, 0.1) is 6.92 Å². The number of nitrogens with one attached hydrogen (secondary N) is 3. The summed E-state index contributed by atoms with van der Waals surface area (Å²) in [5, 5.41) is 0.420. The molecule has 103 heavy (non-hydrogen) atoms. The van der Waals surface area contributed by atoms with Gasteiger partial charge < -0.3 is 48.1 Å². The van der Waals surface area contributed by atoms with Gasteiger partial charge in [0.25, 0.3) is 0 Å². The van der Waals surface area contributed by atoms with Crippen molar-refractivity contribution in [1.82, 2.24) is 28.7 Å².